The van der Waals surface area contributed by atoms with Crippen molar-refractivity contribution in [1.82, 2.24) is 0 Å². The van der Waals surface area contributed by atoms with Crippen molar-refractivity contribution in [2.75, 3.05) is 0 Å². The van der Waals surface area contributed by atoms with E-state index in [1.54, 1.807) is 0 Å². The zero-order valence-electron chi connectivity index (χ0n) is 13.1. The lowest BCUT2D eigenvalue weighted by atomic mass is 10.1. The fourth-order valence-electron chi connectivity index (χ4n) is 1.52. The van der Waals surface area contributed by atoms with Gasteiger partial charge in [0.05, 0.1) is 0 Å². The maximum Gasteiger partial charge on any atom is 0.204 e. The van der Waals surface area contributed by atoms with E-state index in [0.717, 1.165) is 18.6 Å². The number of hydrogen-bond acceptors (Lipinski definition) is 2. The molecule has 0 fully saturated rings. The van der Waals surface area contributed by atoms with Gasteiger partial charge < -0.3 is 10.5 Å². The summed E-state index contributed by atoms with van der Waals surface area (Å²) < 4.78 is 5.63. The standard InChI is InChI=1S/C17H22O.CH3NO/c1-5-7-16-10-12-17(13-11-16)18-15(4)9-8-14(3)6-2;2-1-3/h6,8-13H,4-5,7H2,1-3H3;1H,(H2,2,3)/b9-8-,14-6-;. The molecule has 0 atom stereocenters. The van der Waals surface area contributed by atoms with Crippen LogP contribution in [0.1, 0.15) is 32.8 Å². The number of benzene rings is 1. The van der Waals surface area contributed by atoms with Crippen LogP contribution in [0.5, 0.6) is 5.75 Å². The molecule has 1 rings (SSSR count). The quantitative estimate of drug-likeness (QED) is 0.485. The van der Waals surface area contributed by atoms with Gasteiger partial charge in [-0.05, 0) is 44.0 Å². The van der Waals surface area contributed by atoms with Gasteiger partial charge in [0.25, 0.3) is 0 Å². The Morgan fingerprint density at radius 2 is 1.86 bits per heavy atom. The molecule has 2 N–H and O–H groups in total. The van der Waals surface area contributed by atoms with Crippen LogP contribution in [-0.4, -0.2) is 6.41 Å². The maximum atomic E-state index is 8.58. The van der Waals surface area contributed by atoms with Gasteiger partial charge in [0.15, 0.2) is 0 Å². The minimum absolute atomic E-state index is 0.250. The van der Waals surface area contributed by atoms with Crippen LogP contribution in [0.2, 0.25) is 0 Å². The Hall–Kier alpha value is -2.29. The summed E-state index contributed by atoms with van der Waals surface area (Å²) in [6, 6.07) is 8.19. The number of allylic oxidation sites excluding steroid dienone is 4. The molecule has 0 aliphatic heterocycles. The third kappa shape index (κ3) is 9.27. The lowest BCUT2D eigenvalue weighted by Gasteiger charge is -2.06. The van der Waals surface area contributed by atoms with Crippen molar-refractivity contribution in [3.63, 3.8) is 0 Å². The van der Waals surface area contributed by atoms with Crippen LogP contribution in [-0.2, 0) is 11.2 Å². The predicted molar refractivity (Wildman–Crippen MR) is 89.0 cm³/mol. The molecule has 114 valence electrons. The number of ether oxygens (including phenoxy) is 1. The highest BCUT2D eigenvalue weighted by atomic mass is 16.5. The van der Waals surface area contributed by atoms with Crippen LogP contribution >= 0.6 is 0 Å². The van der Waals surface area contributed by atoms with Crippen molar-refractivity contribution in [1.29, 1.82) is 0 Å². The van der Waals surface area contributed by atoms with Crippen molar-refractivity contribution < 1.29 is 9.53 Å². The number of aryl methyl sites for hydroxylation is 1. The van der Waals surface area contributed by atoms with Crippen LogP contribution < -0.4 is 10.5 Å². The summed E-state index contributed by atoms with van der Waals surface area (Å²) in [4.78, 5) is 8.58. The average molecular weight is 287 g/mol. The van der Waals surface area contributed by atoms with Crippen molar-refractivity contribution >= 4 is 6.41 Å². The molecule has 0 aliphatic carbocycles. The zero-order valence-corrected chi connectivity index (χ0v) is 13.1. The highest BCUT2D eigenvalue weighted by molar-refractivity contribution is 5.42. The SMILES string of the molecule is C=C(/C=C\C(C)=C/C)Oc1ccc(CCC)cc1.NC=O. The minimum atomic E-state index is 0.250. The number of rotatable bonds is 6. The molecule has 0 heterocycles. The molecule has 0 bridgehead atoms. The molecule has 21 heavy (non-hydrogen) atoms. The van der Waals surface area contributed by atoms with Gasteiger partial charge in [-0.3, -0.25) is 4.79 Å². The summed E-state index contributed by atoms with van der Waals surface area (Å²) in [6.07, 6.45) is 8.45. The van der Waals surface area contributed by atoms with E-state index < -0.39 is 0 Å². The van der Waals surface area contributed by atoms with Crippen LogP contribution in [0.3, 0.4) is 0 Å². The molecule has 0 aromatic heterocycles. The van der Waals surface area contributed by atoms with E-state index >= 15 is 0 Å². The number of nitrogens with two attached hydrogens (primary N) is 1. The first-order chi connectivity index (χ1) is 10.1. The van der Waals surface area contributed by atoms with Gasteiger partial charge >= 0.3 is 0 Å². The van der Waals surface area contributed by atoms with Gasteiger partial charge in [0.2, 0.25) is 6.41 Å². The van der Waals surface area contributed by atoms with Gasteiger partial charge in [-0.15, -0.1) is 0 Å². The Morgan fingerprint density at radius 3 is 2.33 bits per heavy atom. The van der Waals surface area contributed by atoms with E-state index in [2.05, 4.69) is 31.4 Å². The lowest BCUT2D eigenvalue weighted by Crippen LogP contribution is -1.91. The van der Waals surface area contributed by atoms with Gasteiger partial charge in [-0.25, -0.2) is 0 Å². The monoisotopic (exact) mass is 287 g/mol. The minimum Gasteiger partial charge on any atom is -0.458 e. The van der Waals surface area contributed by atoms with E-state index in [1.165, 1.54) is 11.1 Å². The summed E-state index contributed by atoms with van der Waals surface area (Å²) in [5.74, 6) is 1.49. The van der Waals surface area contributed by atoms with Crippen molar-refractivity contribution in [3.8, 4) is 5.75 Å². The molecular weight excluding hydrogens is 262 g/mol. The number of primary amides is 1. The Bertz CT molecular complexity index is 484. The van der Waals surface area contributed by atoms with Crippen LogP contribution in [0.4, 0.5) is 0 Å². The molecule has 3 nitrogen and oxygen atoms in total. The number of hydrogen-bond donors (Lipinski definition) is 1. The second kappa shape index (κ2) is 11.5. The predicted octanol–water partition coefficient (Wildman–Crippen LogP) is 4.16. The summed E-state index contributed by atoms with van der Waals surface area (Å²) >= 11 is 0. The third-order valence-electron chi connectivity index (χ3n) is 2.70. The average Bonchev–Trinajstić information content (AvgIpc) is 2.48. The second-order valence-corrected chi connectivity index (χ2v) is 4.46. The number of amides is 1. The van der Waals surface area contributed by atoms with E-state index in [4.69, 9.17) is 9.53 Å². The molecule has 0 spiro atoms. The second-order valence-electron chi connectivity index (χ2n) is 4.46. The van der Waals surface area contributed by atoms with Crippen LogP contribution in [0.25, 0.3) is 0 Å². The Balaban J connectivity index is 0.00000122. The van der Waals surface area contributed by atoms with E-state index in [-0.39, 0.29) is 6.41 Å². The molecule has 0 aliphatic rings. The molecule has 1 amide bonds. The van der Waals surface area contributed by atoms with Crippen molar-refractivity contribution in [2.24, 2.45) is 5.73 Å². The topological polar surface area (TPSA) is 52.3 Å². The Morgan fingerprint density at radius 1 is 1.29 bits per heavy atom. The first-order valence-corrected chi connectivity index (χ1v) is 6.99. The molecule has 1 aromatic carbocycles. The molecule has 0 saturated heterocycles. The van der Waals surface area contributed by atoms with Crippen LogP contribution in [0.15, 0.2) is 60.4 Å². The normalized spacial score (nSPS) is 10.7. The van der Waals surface area contributed by atoms with E-state index in [1.807, 2.05) is 44.2 Å². The molecular formula is C18H25NO2. The Labute approximate surface area is 127 Å². The van der Waals surface area contributed by atoms with E-state index in [9.17, 15) is 0 Å². The van der Waals surface area contributed by atoms with E-state index in [0.29, 0.717) is 5.76 Å². The van der Waals surface area contributed by atoms with Gasteiger partial charge in [-0.1, -0.05) is 49.8 Å². The number of carbonyl (C=O) groups is 1. The first-order valence-electron chi connectivity index (χ1n) is 6.99. The van der Waals surface area contributed by atoms with Crippen LogP contribution in [0, 0.1) is 0 Å². The van der Waals surface area contributed by atoms with Crippen molar-refractivity contribution in [2.45, 2.75) is 33.6 Å². The molecule has 0 saturated carbocycles. The van der Waals surface area contributed by atoms with Gasteiger partial charge in [0.1, 0.15) is 11.5 Å². The summed E-state index contributed by atoms with van der Waals surface area (Å²) in [5.41, 5.74) is 6.70. The molecule has 3 heteroatoms. The largest absolute Gasteiger partial charge is 0.458 e. The summed E-state index contributed by atoms with van der Waals surface area (Å²) in [7, 11) is 0. The van der Waals surface area contributed by atoms with Crippen molar-refractivity contribution in [3.05, 3.63) is 66.0 Å². The lowest BCUT2D eigenvalue weighted by molar-refractivity contribution is -0.106. The highest BCUT2D eigenvalue weighted by Gasteiger charge is 1.96. The highest BCUT2D eigenvalue weighted by Crippen LogP contribution is 2.16. The fraction of sp³-hybridized carbons (Fsp3) is 0.278. The first kappa shape index (κ1) is 18.7. The summed E-state index contributed by atoms with van der Waals surface area (Å²) in [5, 5.41) is 0. The van der Waals surface area contributed by atoms with Gasteiger partial charge in [0, 0.05) is 0 Å². The zero-order chi connectivity index (χ0) is 16.1. The molecule has 1 aromatic rings. The fourth-order valence-corrected chi connectivity index (χ4v) is 1.52. The number of carbonyl (C=O) groups excluding carboxylic acids is 1. The maximum absolute atomic E-state index is 8.58. The van der Waals surface area contributed by atoms with Gasteiger partial charge in [-0.2, -0.15) is 0 Å². The third-order valence-corrected chi connectivity index (χ3v) is 2.70. The molecule has 0 radical (unpaired) electrons. The smallest absolute Gasteiger partial charge is 0.204 e. The Kier molecular flexibility index (Phi) is 10.3. The molecule has 0 unspecified atom stereocenters. The summed E-state index contributed by atoms with van der Waals surface area (Å²) in [6.45, 7) is 10.1.